The molecule has 0 saturated heterocycles. The number of hydrogen-bond donors (Lipinski definition) is 1. The Kier molecular flexibility index (Phi) is 6.03. The van der Waals surface area contributed by atoms with E-state index in [1.54, 1.807) is 19.1 Å². The van der Waals surface area contributed by atoms with Gasteiger partial charge in [0.05, 0.1) is 5.69 Å². The molecule has 1 N–H and O–H groups in total. The highest BCUT2D eigenvalue weighted by atomic mass is 19.4. The van der Waals surface area contributed by atoms with Crippen molar-refractivity contribution in [2.24, 2.45) is 5.92 Å². The molecule has 6 heteroatoms. The molecule has 1 aliphatic rings. The number of aromatic nitrogens is 2. The normalized spacial score (nSPS) is 16.4. The van der Waals surface area contributed by atoms with E-state index in [0.29, 0.717) is 11.1 Å². The molecule has 1 saturated carbocycles. The molecule has 0 spiro atoms. The number of halogens is 3. The van der Waals surface area contributed by atoms with Crippen LogP contribution in [0.1, 0.15) is 51.3 Å². The monoisotopic (exact) mass is 351 g/mol. The summed E-state index contributed by atoms with van der Waals surface area (Å²) in [5.41, 5.74) is -0.123. The predicted octanol–water partition coefficient (Wildman–Crippen LogP) is 5.63. The molecule has 0 radical (unpaired) electrons. The lowest BCUT2D eigenvalue weighted by Gasteiger charge is -2.26. The minimum absolute atomic E-state index is 0.134. The number of hydrogen-bond acceptors (Lipinski definition) is 3. The van der Waals surface area contributed by atoms with E-state index in [2.05, 4.69) is 21.9 Å². The van der Waals surface area contributed by atoms with E-state index in [-0.39, 0.29) is 23.6 Å². The molecule has 0 bridgehead atoms. The number of nitrogens with zero attached hydrogens (tertiary/aromatic N) is 2. The molecule has 0 aromatic carbocycles. The highest BCUT2D eigenvalue weighted by molar-refractivity contribution is 5.81. The zero-order valence-electron chi connectivity index (χ0n) is 14.8. The van der Waals surface area contributed by atoms with Crippen molar-refractivity contribution in [2.75, 3.05) is 5.32 Å². The van der Waals surface area contributed by atoms with Crippen molar-refractivity contribution in [2.45, 2.75) is 52.3 Å². The Hall–Kier alpha value is -2.11. The quantitative estimate of drug-likeness (QED) is 0.675. The molecule has 1 aromatic heterocycles. The van der Waals surface area contributed by atoms with Gasteiger partial charge in [-0.1, -0.05) is 38.7 Å². The Morgan fingerprint density at radius 1 is 1.36 bits per heavy atom. The first-order valence-electron chi connectivity index (χ1n) is 8.47. The van der Waals surface area contributed by atoms with Crippen molar-refractivity contribution >= 4 is 11.5 Å². The molecule has 3 nitrogen and oxygen atoms in total. The molecule has 2 rings (SSSR count). The SMILES string of the molecule is C=C(/C=C\C(C)C)/C(=C\C)c1nc(NC2CCC2)ncc1C(F)(F)F. The van der Waals surface area contributed by atoms with E-state index in [9.17, 15) is 13.2 Å². The summed E-state index contributed by atoms with van der Waals surface area (Å²) in [5.74, 6) is 0.505. The minimum atomic E-state index is -4.53. The fraction of sp³-hybridized carbons (Fsp3) is 0.474. The highest BCUT2D eigenvalue weighted by Crippen LogP contribution is 2.36. The Morgan fingerprint density at radius 2 is 2.04 bits per heavy atom. The number of alkyl halides is 3. The van der Waals surface area contributed by atoms with Crippen molar-refractivity contribution in [1.29, 1.82) is 0 Å². The van der Waals surface area contributed by atoms with Crippen molar-refractivity contribution in [1.82, 2.24) is 9.97 Å². The van der Waals surface area contributed by atoms with Gasteiger partial charge in [-0.3, -0.25) is 0 Å². The lowest BCUT2D eigenvalue weighted by atomic mass is 9.93. The Bertz CT molecular complexity index is 684. The fourth-order valence-electron chi connectivity index (χ4n) is 2.47. The summed E-state index contributed by atoms with van der Waals surface area (Å²) in [6, 6.07) is 0.239. The topological polar surface area (TPSA) is 37.8 Å². The first-order chi connectivity index (χ1) is 11.7. The maximum absolute atomic E-state index is 13.4. The van der Waals surface area contributed by atoms with Gasteiger partial charge in [0.2, 0.25) is 5.95 Å². The molecule has 0 amide bonds. The van der Waals surface area contributed by atoms with Crippen molar-refractivity contribution in [3.63, 3.8) is 0 Å². The Labute approximate surface area is 146 Å². The van der Waals surface area contributed by atoms with Crippen LogP contribution in [-0.2, 0) is 6.18 Å². The van der Waals surface area contributed by atoms with Gasteiger partial charge in [0.1, 0.15) is 5.56 Å². The Balaban J connectivity index is 2.42. The summed E-state index contributed by atoms with van der Waals surface area (Å²) >= 11 is 0. The molecule has 1 aliphatic carbocycles. The largest absolute Gasteiger partial charge is 0.419 e. The van der Waals surface area contributed by atoms with Gasteiger partial charge in [-0.25, -0.2) is 9.97 Å². The fourth-order valence-corrected chi connectivity index (χ4v) is 2.47. The molecule has 25 heavy (non-hydrogen) atoms. The highest BCUT2D eigenvalue weighted by Gasteiger charge is 2.36. The number of allylic oxidation sites excluding steroid dienone is 5. The first-order valence-corrected chi connectivity index (χ1v) is 8.47. The molecule has 0 atom stereocenters. The second-order valence-electron chi connectivity index (χ2n) is 6.56. The summed E-state index contributed by atoms with van der Waals surface area (Å²) in [6.07, 6.45) is 4.65. The summed E-state index contributed by atoms with van der Waals surface area (Å²) in [4.78, 5) is 8.04. The smallest absolute Gasteiger partial charge is 0.351 e. The summed E-state index contributed by atoms with van der Waals surface area (Å²) in [7, 11) is 0. The Morgan fingerprint density at radius 3 is 2.52 bits per heavy atom. The third-order valence-electron chi connectivity index (χ3n) is 4.10. The van der Waals surface area contributed by atoms with Crippen LogP contribution >= 0.6 is 0 Å². The van der Waals surface area contributed by atoms with E-state index in [1.807, 2.05) is 19.9 Å². The zero-order valence-corrected chi connectivity index (χ0v) is 14.8. The molecule has 1 heterocycles. The van der Waals surface area contributed by atoms with Crippen LogP contribution in [0.5, 0.6) is 0 Å². The van der Waals surface area contributed by atoms with Crippen LogP contribution in [-0.4, -0.2) is 16.0 Å². The third kappa shape index (κ3) is 4.94. The van der Waals surface area contributed by atoms with Gasteiger partial charge in [0.15, 0.2) is 0 Å². The number of nitrogens with one attached hydrogen (secondary N) is 1. The standard InChI is InChI=1S/C19H24F3N3/c1-5-15(13(4)10-9-12(2)3)17-16(19(20,21)22)11-23-18(25-17)24-14-7-6-8-14/h5,9-12,14H,4,6-8H2,1-3H3,(H,23,24,25)/b10-9-,15-5+. The molecular formula is C19H24F3N3. The zero-order chi connectivity index (χ0) is 18.6. The lowest BCUT2D eigenvalue weighted by Crippen LogP contribution is -2.28. The molecular weight excluding hydrogens is 327 g/mol. The van der Waals surface area contributed by atoms with E-state index in [1.165, 1.54) is 0 Å². The summed E-state index contributed by atoms with van der Waals surface area (Å²) < 4.78 is 40.3. The van der Waals surface area contributed by atoms with Crippen LogP contribution in [0.4, 0.5) is 19.1 Å². The molecule has 1 aromatic rings. The van der Waals surface area contributed by atoms with Crippen molar-refractivity contribution in [3.05, 3.63) is 47.8 Å². The van der Waals surface area contributed by atoms with E-state index < -0.39 is 11.7 Å². The van der Waals surface area contributed by atoms with Crippen LogP contribution in [0, 0.1) is 5.92 Å². The lowest BCUT2D eigenvalue weighted by molar-refractivity contribution is -0.138. The van der Waals surface area contributed by atoms with Crippen LogP contribution in [0.3, 0.4) is 0 Å². The van der Waals surface area contributed by atoms with Gasteiger partial charge in [-0.15, -0.1) is 0 Å². The predicted molar refractivity (Wildman–Crippen MR) is 95.1 cm³/mol. The average molecular weight is 351 g/mol. The summed E-state index contributed by atoms with van der Waals surface area (Å²) in [5, 5.41) is 3.10. The minimum Gasteiger partial charge on any atom is -0.351 e. The van der Waals surface area contributed by atoms with Crippen molar-refractivity contribution < 1.29 is 13.2 Å². The summed E-state index contributed by atoms with van der Waals surface area (Å²) in [6.45, 7) is 9.58. The second-order valence-corrected chi connectivity index (χ2v) is 6.56. The number of rotatable bonds is 6. The third-order valence-corrected chi connectivity index (χ3v) is 4.10. The molecule has 0 unspecified atom stereocenters. The van der Waals surface area contributed by atoms with Gasteiger partial charge in [-0.05, 0) is 37.7 Å². The molecule has 0 aliphatic heterocycles. The van der Waals surface area contributed by atoms with Gasteiger partial charge in [-0.2, -0.15) is 13.2 Å². The van der Waals surface area contributed by atoms with E-state index in [0.717, 1.165) is 25.5 Å². The second kappa shape index (κ2) is 7.85. The van der Waals surface area contributed by atoms with Gasteiger partial charge >= 0.3 is 6.18 Å². The van der Waals surface area contributed by atoms with Gasteiger partial charge in [0.25, 0.3) is 0 Å². The van der Waals surface area contributed by atoms with E-state index >= 15 is 0 Å². The maximum Gasteiger partial charge on any atom is 0.419 e. The van der Waals surface area contributed by atoms with Crippen LogP contribution < -0.4 is 5.32 Å². The van der Waals surface area contributed by atoms with E-state index in [4.69, 9.17) is 0 Å². The average Bonchev–Trinajstić information content (AvgIpc) is 2.48. The van der Waals surface area contributed by atoms with Gasteiger partial charge < -0.3 is 5.32 Å². The van der Waals surface area contributed by atoms with Crippen molar-refractivity contribution in [3.8, 4) is 0 Å². The van der Waals surface area contributed by atoms with Crippen LogP contribution in [0.2, 0.25) is 0 Å². The van der Waals surface area contributed by atoms with Crippen LogP contribution in [0.15, 0.2) is 36.6 Å². The van der Waals surface area contributed by atoms with Crippen LogP contribution in [0.25, 0.3) is 5.57 Å². The first kappa shape index (κ1) is 19.2. The maximum atomic E-state index is 13.4. The molecule has 1 fully saturated rings. The van der Waals surface area contributed by atoms with Gasteiger partial charge in [0, 0.05) is 17.8 Å². The molecule has 136 valence electrons. The number of anilines is 1.